The Morgan fingerprint density at radius 2 is 0.442 bits per heavy atom. The summed E-state index contributed by atoms with van der Waals surface area (Å²) in [6.45, 7) is 7.31. The molecule has 0 bridgehead atoms. The highest BCUT2D eigenvalue weighted by atomic mass is 31.2. The van der Waals surface area contributed by atoms with Crippen molar-refractivity contribution >= 4 is 39.5 Å². The normalized spacial score (nSPS) is 13.8. The van der Waals surface area contributed by atoms with Gasteiger partial charge in [-0.1, -0.05) is 407 Å². The zero-order valence-corrected chi connectivity index (χ0v) is 70.0. The summed E-state index contributed by atoms with van der Waals surface area (Å²) in [4.78, 5) is 73.2. The van der Waals surface area contributed by atoms with Crippen molar-refractivity contribution in [3.8, 4) is 0 Å². The largest absolute Gasteiger partial charge is 0.472 e. The quantitative estimate of drug-likeness (QED) is 0.0222. The van der Waals surface area contributed by atoms with Crippen molar-refractivity contribution in [2.75, 3.05) is 39.6 Å². The van der Waals surface area contributed by atoms with Crippen LogP contribution in [0.25, 0.3) is 0 Å². The fourth-order valence-corrected chi connectivity index (χ4v) is 14.9. The summed E-state index contributed by atoms with van der Waals surface area (Å²) in [5, 5.41) is 10.7. The van der Waals surface area contributed by atoms with Gasteiger partial charge in [-0.2, -0.15) is 0 Å². The lowest BCUT2D eigenvalue weighted by molar-refractivity contribution is -0.161. The van der Waals surface area contributed by atoms with E-state index in [9.17, 15) is 43.2 Å². The molecule has 0 radical (unpaired) electrons. The van der Waals surface area contributed by atoms with E-state index in [1.54, 1.807) is 0 Å². The van der Waals surface area contributed by atoms with Crippen molar-refractivity contribution in [2.45, 2.75) is 477 Å². The summed E-state index contributed by atoms with van der Waals surface area (Å²) in [5.41, 5.74) is 0. The molecule has 0 heterocycles. The van der Waals surface area contributed by atoms with Gasteiger partial charge >= 0.3 is 39.5 Å². The maximum atomic E-state index is 13.1. The second-order valence-corrected chi connectivity index (χ2v) is 34.0. The highest BCUT2D eigenvalue weighted by Crippen LogP contribution is 2.45. The predicted octanol–water partition coefficient (Wildman–Crippen LogP) is 26.0. The summed E-state index contributed by atoms with van der Waals surface area (Å²) in [6.07, 6.45) is 70.9. The van der Waals surface area contributed by atoms with Gasteiger partial charge in [0.25, 0.3) is 0 Å². The molecule has 0 aromatic carbocycles. The molecule has 0 aliphatic rings. The Balaban J connectivity index is 5.23. The first-order valence-electron chi connectivity index (χ1n) is 44.1. The van der Waals surface area contributed by atoms with Crippen LogP contribution in [0.4, 0.5) is 0 Å². The molecule has 0 rings (SSSR count). The third-order valence-corrected chi connectivity index (χ3v) is 21.9. The Bertz CT molecular complexity index is 1980. The molecular weight excluding hydrogens is 1350 g/mol. The van der Waals surface area contributed by atoms with E-state index in [0.29, 0.717) is 31.6 Å². The number of carbonyl (C=O) groups excluding carboxylic acids is 4. The number of carbonyl (C=O) groups is 4. The van der Waals surface area contributed by atoms with Crippen molar-refractivity contribution in [3.05, 3.63) is 0 Å². The van der Waals surface area contributed by atoms with Gasteiger partial charge < -0.3 is 33.8 Å². The monoisotopic (exact) mass is 1520 g/mol. The van der Waals surface area contributed by atoms with Crippen LogP contribution in [0.3, 0.4) is 0 Å². The number of rotatable bonds is 85. The summed E-state index contributed by atoms with van der Waals surface area (Å²) >= 11 is 0. The van der Waals surface area contributed by atoms with E-state index in [-0.39, 0.29) is 25.7 Å². The maximum absolute atomic E-state index is 13.1. The van der Waals surface area contributed by atoms with Gasteiger partial charge in [0.2, 0.25) is 0 Å². The molecule has 104 heavy (non-hydrogen) atoms. The number of esters is 4. The van der Waals surface area contributed by atoms with Crippen LogP contribution in [-0.2, 0) is 65.4 Å². The van der Waals surface area contributed by atoms with Gasteiger partial charge in [-0.3, -0.25) is 37.3 Å². The first kappa shape index (κ1) is 102. The van der Waals surface area contributed by atoms with Crippen molar-refractivity contribution in [1.29, 1.82) is 0 Å². The standard InChI is InChI=1S/C85H166O17P2/c1-6-9-12-15-18-21-24-27-30-33-35-38-41-44-47-50-55-61-66-70-84(89)101-80(74-95-82(87)68-63-58-53-48-45-42-39-37-34-31-28-25-22-19-16-13-10-7-2)76-99-103(91,92)97-72-79(86)73-98-104(93,94)100-77-81(75-96-83(88)69-64-59-56-51-52-57-62-67-78(4)5)102-85(90)71-65-60-54-49-46-43-40-36-32-29-26-23-20-17-14-11-8-3/h78-81,86H,6-77H2,1-5H3,(H,91,92)(H,93,94)/t79-,80-,81-/m1/s1. The molecule has 0 fully saturated rings. The van der Waals surface area contributed by atoms with Crippen molar-refractivity contribution in [2.24, 2.45) is 5.92 Å². The number of phosphoric acid groups is 2. The number of hydrogen-bond acceptors (Lipinski definition) is 15. The minimum atomic E-state index is -4.96. The van der Waals surface area contributed by atoms with E-state index in [2.05, 4.69) is 34.6 Å². The molecule has 5 atom stereocenters. The first-order valence-corrected chi connectivity index (χ1v) is 47.1. The molecule has 0 aliphatic heterocycles. The van der Waals surface area contributed by atoms with Crippen LogP contribution in [0.15, 0.2) is 0 Å². The van der Waals surface area contributed by atoms with E-state index in [4.69, 9.17) is 37.0 Å². The Labute approximate surface area is 638 Å². The summed E-state index contributed by atoms with van der Waals surface area (Å²) < 4.78 is 68.9. The molecule has 3 N–H and O–H groups in total. The molecular formula is C85H166O17P2. The Morgan fingerprint density at radius 1 is 0.260 bits per heavy atom. The summed E-state index contributed by atoms with van der Waals surface area (Å²) in [5.74, 6) is -1.40. The zero-order valence-electron chi connectivity index (χ0n) is 68.2. The van der Waals surface area contributed by atoms with Gasteiger partial charge in [-0.15, -0.1) is 0 Å². The lowest BCUT2D eigenvalue weighted by Gasteiger charge is -2.21. The van der Waals surface area contributed by atoms with Gasteiger partial charge in [0.1, 0.15) is 19.3 Å². The van der Waals surface area contributed by atoms with Crippen molar-refractivity contribution < 1.29 is 80.2 Å². The Morgan fingerprint density at radius 3 is 0.654 bits per heavy atom. The molecule has 2 unspecified atom stereocenters. The number of unbranched alkanes of at least 4 members (excludes halogenated alkanes) is 57. The number of aliphatic hydroxyl groups excluding tert-OH is 1. The molecule has 0 aromatic heterocycles. The Hall–Kier alpha value is -1.94. The molecule has 0 aromatic rings. The number of phosphoric ester groups is 2. The molecule has 0 saturated carbocycles. The van der Waals surface area contributed by atoms with Crippen LogP contribution in [0.2, 0.25) is 0 Å². The average molecular weight is 1520 g/mol. The van der Waals surface area contributed by atoms with E-state index in [1.807, 2.05) is 0 Å². The van der Waals surface area contributed by atoms with Crippen LogP contribution in [0, 0.1) is 5.92 Å². The average Bonchev–Trinajstić information content (AvgIpc) is 0.907. The molecule has 618 valence electrons. The SMILES string of the molecule is CCCCCCCCCCCCCCCCCCCCCC(=O)O[C@H](COC(=O)CCCCCCCCCCCCCCCCCCCC)COP(=O)(O)OC[C@@H](O)COP(=O)(O)OC[C@@H](COC(=O)CCCCCCCCCC(C)C)OC(=O)CCCCCCCCCCCCCCCCCCC. The van der Waals surface area contributed by atoms with Gasteiger partial charge in [-0.25, -0.2) is 9.13 Å². The Kier molecular flexibility index (Phi) is 76.3. The lowest BCUT2D eigenvalue weighted by atomic mass is 10.0. The van der Waals surface area contributed by atoms with Gasteiger partial charge in [0.05, 0.1) is 26.4 Å². The molecule has 17 nitrogen and oxygen atoms in total. The fraction of sp³-hybridized carbons (Fsp3) is 0.953. The number of aliphatic hydroxyl groups is 1. The second kappa shape index (κ2) is 77.8. The molecule has 0 spiro atoms. The number of hydrogen-bond donors (Lipinski definition) is 3. The summed E-state index contributed by atoms with van der Waals surface area (Å²) in [6, 6.07) is 0. The van der Waals surface area contributed by atoms with Crippen LogP contribution >= 0.6 is 15.6 Å². The van der Waals surface area contributed by atoms with E-state index in [0.717, 1.165) is 96.3 Å². The highest BCUT2D eigenvalue weighted by molar-refractivity contribution is 7.47. The van der Waals surface area contributed by atoms with Crippen molar-refractivity contribution in [1.82, 2.24) is 0 Å². The topological polar surface area (TPSA) is 237 Å². The lowest BCUT2D eigenvalue weighted by Crippen LogP contribution is -2.30. The van der Waals surface area contributed by atoms with Crippen molar-refractivity contribution in [3.63, 3.8) is 0 Å². The molecule has 19 heteroatoms. The molecule has 0 aliphatic carbocycles. The highest BCUT2D eigenvalue weighted by Gasteiger charge is 2.30. The van der Waals surface area contributed by atoms with E-state index < -0.39 is 97.5 Å². The van der Waals surface area contributed by atoms with Crippen LogP contribution in [0.1, 0.15) is 458 Å². The fourth-order valence-electron chi connectivity index (χ4n) is 13.3. The molecule has 0 amide bonds. The van der Waals surface area contributed by atoms with E-state index >= 15 is 0 Å². The van der Waals surface area contributed by atoms with Crippen LogP contribution in [-0.4, -0.2) is 96.7 Å². The minimum Gasteiger partial charge on any atom is -0.462 e. The summed E-state index contributed by atoms with van der Waals surface area (Å²) in [7, 11) is -9.93. The van der Waals surface area contributed by atoms with E-state index in [1.165, 1.54) is 276 Å². The third kappa shape index (κ3) is 78.2. The smallest absolute Gasteiger partial charge is 0.462 e. The minimum absolute atomic E-state index is 0.108. The zero-order chi connectivity index (χ0) is 76.2. The van der Waals surface area contributed by atoms with Crippen LogP contribution < -0.4 is 0 Å². The van der Waals surface area contributed by atoms with Gasteiger partial charge in [-0.05, 0) is 31.6 Å². The predicted molar refractivity (Wildman–Crippen MR) is 428 cm³/mol. The van der Waals surface area contributed by atoms with Gasteiger partial charge in [0.15, 0.2) is 12.2 Å². The maximum Gasteiger partial charge on any atom is 0.472 e. The third-order valence-electron chi connectivity index (χ3n) is 20.0. The first-order chi connectivity index (χ1) is 50.5. The van der Waals surface area contributed by atoms with Gasteiger partial charge in [0, 0.05) is 25.7 Å². The molecule has 0 saturated heterocycles. The van der Waals surface area contributed by atoms with Crippen LogP contribution in [0.5, 0.6) is 0 Å². The number of ether oxygens (including phenoxy) is 4. The second-order valence-electron chi connectivity index (χ2n) is 31.1.